The van der Waals surface area contributed by atoms with Crippen molar-refractivity contribution in [3.05, 3.63) is 23.8 Å². The lowest BCUT2D eigenvalue weighted by Crippen LogP contribution is -2.39. The molecule has 30 heavy (non-hydrogen) atoms. The van der Waals surface area contributed by atoms with E-state index in [2.05, 4.69) is 47.8 Å². The molecule has 1 atom stereocenters. The van der Waals surface area contributed by atoms with Gasteiger partial charge in [-0.05, 0) is 56.7 Å². The maximum Gasteiger partial charge on any atom is 0.220 e. The van der Waals surface area contributed by atoms with E-state index >= 15 is 0 Å². The second-order valence-electron chi connectivity index (χ2n) is 7.71. The number of aliphatic imine (C=N–C) groups is 1. The number of hydrogen-bond donors (Lipinski definition) is 3. The highest BCUT2D eigenvalue weighted by molar-refractivity contribution is 5.80. The van der Waals surface area contributed by atoms with Gasteiger partial charge in [-0.1, -0.05) is 19.9 Å². The van der Waals surface area contributed by atoms with Gasteiger partial charge in [0.1, 0.15) is 0 Å². The zero-order valence-electron chi connectivity index (χ0n) is 18.9. The van der Waals surface area contributed by atoms with Crippen LogP contribution in [0.5, 0.6) is 11.5 Å². The van der Waals surface area contributed by atoms with E-state index in [1.807, 2.05) is 12.1 Å². The quantitative estimate of drug-likeness (QED) is 0.259. The summed E-state index contributed by atoms with van der Waals surface area (Å²) in [4.78, 5) is 16.1. The Kier molecular flexibility index (Phi) is 10.3. The zero-order chi connectivity index (χ0) is 21.8. The van der Waals surface area contributed by atoms with Gasteiger partial charge in [0.05, 0.1) is 19.3 Å². The van der Waals surface area contributed by atoms with Crippen molar-refractivity contribution in [2.75, 3.05) is 26.8 Å². The number of nitrogens with zero attached hydrogens (tertiary/aromatic N) is 1. The number of guanidine groups is 1. The van der Waals surface area contributed by atoms with Crippen molar-refractivity contribution < 1.29 is 14.3 Å². The van der Waals surface area contributed by atoms with E-state index in [0.29, 0.717) is 38.2 Å². The summed E-state index contributed by atoms with van der Waals surface area (Å²) in [5, 5.41) is 9.70. The maximum atomic E-state index is 11.8. The Morgan fingerprint density at radius 3 is 2.50 bits per heavy atom. The van der Waals surface area contributed by atoms with Gasteiger partial charge in [-0.25, -0.2) is 0 Å². The number of amides is 1. The van der Waals surface area contributed by atoms with Crippen LogP contribution in [-0.4, -0.2) is 44.7 Å². The first-order valence-electron chi connectivity index (χ1n) is 11.2. The molecule has 7 nitrogen and oxygen atoms in total. The molecule has 0 heterocycles. The number of benzene rings is 1. The summed E-state index contributed by atoms with van der Waals surface area (Å²) >= 11 is 0. The van der Waals surface area contributed by atoms with Crippen molar-refractivity contribution in [1.29, 1.82) is 0 Å². The molecule has 1 aromatic rings. The van der Waals surface area contributed by atoms with Gasteiger partial charge in [0.15, 0.2) is 17.5 Å². The largest absolute Gasteiger partial charge is 0.490 e. The first-order chi connectivity index (χ1) is 14.6. The number of carbonyl (C=O) groups is 1. The minimum Gasteiger partial charge on any atom is -0.490 e. The Morgan fingerprint density at radius 2 is 1.87 bits per heavy atom. The molecule has 0 saturated heterocycles. The van der Waals surface area contributed by atoms with Crippen LogP contribution in [-0.2, 0) is 4.79 Å². The van der Waals surface area contributed by atoms with E-state index in [9.17, 15) is 4.79 Å². The van der Waals surface area contributed by atoms with Crippen molar-refractivity contribution in [3.8, 4) is 11.5 Å². The van der Waals surface area contributed by atoms with E-state index in [1.54, 1.807) is 7.05 Å². The summed E-state index contributed by atoms with van der Waals surface area (Å²) in [6, 6.07) is 6.53. The van der Waals surface area contributed by atoms with Crippen LogP contribution in [0.1, 0.15) is 70.9 Å². The van der Waals surface area contributed by atoms with Gasteiger partial charge >= 0.3 is 0 Å². The number of rotatable bonds is 13. The SMILES string of the molecule is CCCOc1ccc(C(C)NC(=NC)NCCCC(=O)NC2CC2)cc1OCCC. The third-order valence-corrected chi connectivity index (χ3v) is 4.78. The van der Waals surface area contributed by atoms with Crippen LogP contribution in [0.2, 0.25) is 0 Å². The fourth-order valence-electron chi connectivity index (χ4n) is 2.92. The third kappa shape index (κ3) is 8.51. The monoisotopic (exact) mass is 418 g/mol. The fourth-order valence-corrected chi connectivity index (χ4v) is 2.92. The van der Waals surface area contributed by atoms with Crippen molar-refractivity contribution in [1.82, 2.24) is 16.0 Å². The van der Waals surface area contributed by atoms with E-state index < -0.39 is 0 Å². The average Bonchev–Trinajstić information content (AvgIpc) is 3.56. The molecule has 1 amide bonds. The standard InChI is InChI=1S/C23H38N4O3/c1-5-14-29-20-12-9-18(16-21(20)30-15-6-2)17(3)26-23(24-4)25-13-7-8-22(28)27-19-10-11-19/h9,12,16-17,19H,5-8,10-11,13-15H2,1-4H3,(H,27,28)(H2,24,25,26). The van der Waals surface area contributed by atoms with Crippen LogP contribution in [0.25, 0.3) is 0 Å². The first-order valence-corrected chi connectivity index (χ1v) is 11.2. The van der Waals surface area contributed by atoms with E-state index in [0.717, 1.165) is 49.2 Å². The zero-order valence-corrected chi connectivity index (χ0v) is 18.9. The lowest BCUT2D eigenvalue weighted by Gasteiger charge is -2.20. The Bertz CT molecular complexity index is 689. The Balaban J connectivity index is 1.85. The van der Waals surface area contributed by atoms with Gasteiger partial charge in [-0.3, -0.25) is 9.79 Å². The molecule has 0 radical (unpaired) electrons. The molecule has 1 aliphatic rings. The molecule has 7 heteroatoms. The smallest absolute Gasteiger partial charge is 0.220 e. The van der Waals surface area contributed by atoms with Gasteiger partial charge < -0.3 is 25.4 Å². The van der Waals surface area contributed by atoms with Crippen molar-refractivity contribution in [3.63, 3.8) is 0 Å². The van der Waals surface area contributed by atoms with Crippen LogP contribution in [0, 0.1) is 0 Å². The summed E-state index contributed by atoms with van der Waals surface area (Å²) in [7, 11) is 1.75. The fraction of sp³-hybridized carbons (Fsp3) is 0.652. The molecule has 0 bridgehead atoms. The van der Waals surface area contributed by atoms with Crippen LogP contribution in [0.15, 0.2) is 23.2 Å². The molecular formula is C23H38N4O3. The first kappa shape index (κ1) is 23.8. The molecule has 0 spiro atoms. The van der Waals surface area contributed by atoms with Gasteiger partial charge in [0.2, 0.25) is 5.91 Å². The number of ether oxygens (including phenoxy) is 2. The molecule has 3 N–H and O–H groups in total. The molecule has 1 fully saturated rings. The van der Waals surface area contributed by atoms with Crippen molar-refractivity contribution in [2.24, 2.45) is 4.99 Å². The highest BCUT2D eigenvalue weighted by Crippen LogP contribution is 2.31. The van der Waals surface area contributed by atoms with Gasteiger partial charge in [-0.2, -0.15) is 0 Å². The summed E-state index contributed by atoms with van der Waals surface area (Å²) in [6.07, 6.45) is 5.45. The van der Waals surface area contributed by atoms with Crippen LogP contribution in [0.4, 0.5) is 0 Å². The predicted molar refractivity (Wildman–Crippen MR) is 121 cm³/mol. The molecule has 0 aromatic heterocycles. The van der Waals surface area contributed by atoms with Crippen LogP contribution in [0.3, 0.4) is 0 Å². The summed E-state index contributed by atoms with van der Waals surface area (Å²) in [5.74, 6) is 2.42. The molecular weight excluding hydrogens is 380 g/mol. The van der Waals surface area contributed by atoms with Crippen molar-refractivity contribution >= 4 is 11.9 Å². The lowest BCUT2D eigenvalue weighted by molar-refractivity contribution is -0.121. The highest BCUT2D eigenvalue weighted by atomic mass is 16.5. The minimum atomic E-state index is 0.0403. The molecule has 1 saturated carbocycles. The Morgan fingerprint density at radius 1 is 1.17 bits per heavy atom. The molecule has 0 aliphatic heterocycles. The third-order valence-electron chi connectivity index (χ3n) is 4.78. The molecule has 1 aromatic carbocycles. The Labute approximate surface area is 181 Å². The van der Waals surface area contributed by atoms with Crippen molar-refractivity contribution in [2.45, 2.75) is 71.4 Å². The second kappa shape index (κ2) is 13.0. The number of nitrogens with one attached hydrogen (secondary N) is 3. The molecule has 1 aliphatic carbocycles. The lowest BCUT2D eigenvalue weighted by atomic mass is 10.1. The second-order valence-corrected chi connectivity index (χ2v) is 7.71. The Hall–Kier alpha value is -2.44. The summed E-state index contributed by atoms with van der Waals surface area (Å²) in [6.45, 7) is 8.29. The van der Waals surface area contributed by atoms with Gasteiger partial charge in [0.25, 0.3) is 0 Å². The predicted octanol–water partition coefficient (Wildman–Crippen LogP) is 3.55. The minimum absolute atomic E-state index is 0.0403. The van der Waals surface area contributed by atoms with E-state index in [-0.39, 0.29) is 11.9 Å². The number of carbonyl (C=O) groups excluding carboxylic acids is 1. The summed E-state index contributed by atoms with van der Waals surface area (Å²) < 4.78 is 11.7. The molecule has 1 unspecified atom stereocenters. The van der Waals surface area contributed by atoms with Crippen LogP contribution >= 0.6 is 0 Å². The highest BCUT2D eigenvalue weighted by Gasteiger charge is 2.22. The topological polar surface area (TPSA) is 84.0 Å². The van der Waals surface area contributed by atoms with Gasteiger partial charge in [-0.15, -0.1) is 0 Å². The van der Waals surface area contributed by atoms with E-state index in [4.69, 9.17) is 9.47 Å². The van der Waals surface area contributed by atoms with Crippen LogP contribution < -0.4 is 25.4 Å². The molecule has 2 rings (SSSR count). The normalized spacial score (nSPS) is 14.7. The maximum absolute atomic E-state index is 11.8. The summed E-state index contributed by atoms with van der Waals surface area (Å²) in [5.41, 5.74) is 1.09. The van der Waals surface area contributed by atoms with Gasteiger partial charge in [0, 0.05) is 26.1 Å². The molecule has 168 valence electrons. The average molecular weight is 419 g/mol. The van der Waals surface area contributed by atoms with E-state index in [1.165, 1.54) is 0 Å². The number of hydrogen-bond acceptors (Lipinski definition) is 4.